The lowest BCUT2D eigenvalue weighted by Crippen LogP contribution is -2.28. The van der Waals surface area contributed by atoms with Gasteiger partial charge in [0.2, 0.25) is 0 Å². The molecule has 0 radical (unpaired) electrons. The molecule has 5 aromatic rings. The number of nitrogens with zero attached hydrogens (tertiary/aromatic N) is 5. The number of nitrogens with two attached hydrogens (primary N) is 1. The van der Waals surface area contributed by atoms with E-state index in [2.05, 4.69) is 25.9 Å². The van der Waals surface area contributed by atoms with Crippen molar-refractivity contribution in [1.82, 2.24) is 19.9 Å². The van der Waals surface area contributed by atoms with E-state index in [1.165, 1.54) is 23.5 Å². The van der Waals surface area contributed by atoms with Crippen molar-refractivity contribution in [1.29, 1.82) is 0 Å². The molecule has 0 saturated heterocycles. The van der Waals surface area contributed by atoms with Crippen LogP contribution in [0, 0.1) is 12.7 Å². The van der Waals surface area contributed by atoms with Gasteiger partial charge in [-0.25, -0.2) is 24.3 Å². The molecule has 0 saturated carbocycles. The van der Waals surface area contributed by atoms with Crippen molar-refractivity contribution >= 4 is 32.6 Å². The van der Waals surface area contributed by atoms with Crippen LogP contribution in [0.2, 0.25) is 0 Å². The van der Waals surface area contributed by atoms with E-state index in [9.17, 15) is 4.39 Å². The van der Waals surface area contributed by atoms with Crippen LogP contribution in [-0.4, -0.2) is 33.1 Å². The summed E-state index contributed by atoms with van der Waals surface area (Å²) in [6, 6.07) is 16.7. The van der Waals surface area contributed by atoms with Crippen molar-refractivity contribution in [2.75, 3.05) is 23.8 Å². The number of benzene rings is 2. The molecule has 180 valence electrons. The summed E-state index contributed by atoms with van der Waals surface area (Å²) in [5.41, 5.74) is 12.3. The molecule has 2 aromatic carbocycles. The van der Waals surface area contributed by atoms with E-state index >= 15 is 0 Å². The average Bonchev–Trinajstić information content (AvgIpc) is 3.12. The van der Waals surface area contributed by atoms with Gasteiger partial charge in [-0.2, -0.15) is 0 Å². The van der Waals surface area contributed by atoms with Gasteiger partial charge in [0.15, 0.2) is 10.8 Å². The standard InChI is InChI=1S/C27H23FN6OS/c1-16-21(12-17-2-5-20(28)6-3-17)26(31-15-30-16)34-10-11-35-23-8-4-18(13-19(23)14-34)22-7-9-24-25(32-22)33-27(29)36-24/h2-9,13,15H,10-12,14H2,1H3,(H2,29,32,33). The second-order valence-corrected chi connectivity index (χ2v) is 9.79. The number of pyridine rings is 1. The second-order valence-electron chi connectivity index (χ2n) is 8.73. The van der Waals surface area contributed by atoms with Crippen LogP contribution in [0.15, 0.2) is 60.9 Å². The van der Waals surface area contributed by atoms with Crippen LogP contribution in [0.3, 0.4) is 0 Å². The van der Waals surface area contributed by atoms with Gasteiger partial charge in [-0.3, -0.25) is 0 Å². The summed E-state index contributed by atoms with van der Waals surface area (Å²) < 4.78 is 20.5. The van der Waals surface area contributed by atoms with E-state index in [1.54, 1.807) is 18.5 Å². The molecular formula is C27H23FN6OS. The second kappa shape index (κ2) is 9.16. The van der Waals surface area contributed by atoms with Crippen molar-refractivity contribution < 1.29 is 9.13 Å². The zero-order valence-electron chi connectivity index (χ0n) is 19.6. The number of anilines is 2. The third-order valence-corrected chi connectivity index (χ3v) is 7.18. The summed E-state index contributed by atoms with van der Waals surface area (Å²) in [6.07, 6.45) is 2.22. The molecule has 7 nitrogen and oxygen atoms in total. The Hall–Kier alpha value is -4.11. The van der Waals surface area contributed by atoms with Crippen molar-refractivity contribution in [3.8, 4) is 17.0 Å². The van der Waals surface area contributed by atoms with E-state index in [1.807, 2.05) is 31.2 Å². The molecule has 9 heteroatoms. The number of ether oxygens (including phenoxy) is 1. The fraction of sp³-hybridized carbons (Fsp3) is 0.185. The molecule has 0 unspecified atom stereocenters. The van der Waals surface area contributed by atoms with Gasteiger partial charge in [0.1, 0.15) is 30.3 Å². The number of aryl methyl sites for hydroxylation is 1. The van der Waals surface area contributed by atoms with Gasteiger partial charge in [0.25, 0.3) is 0 Å². The summed E-state index contributed by atoms with van der Waals surface area (Å²) in [4.78, 5) is 20.4. The first-order valence-electron chi connectivity index (χ1n) is 11.6. The maximum atomic E-state index is 13.4. The molecule has 1 aliphatic heterocycles. The Morgan fingerprint density at radius 3 is 2.78 bits per heavy atom. The smallest absolute Gasteiger partial charge is 0.182 e. The number of thiazole rings is 1. The molecule has 0 aliphatic carbocycles. The molecule has 2 N–H and O–H groups in total. The van der Waals surface area contributed by atoms with Crippen LogP contribution in [0.5, 0.6) is 5.75 Å². The Labute approximate surface area is 211 Å². The monoisotopic (exact) mass is 498 g/mol. The summed E-state index contributed by atoms with van der Waals surface area (Å²) in [5.74, 6) is 1.47. The highest BCUT2D eigenvalue weighted by molar-refractivity contribution is 7.21. The Morgan fingerprint density at radius 2 is 1.92 bits per heavy atom. The van der Waals surface area contributed by atoms with Crippen LogP contribution in [0.1, 0.15) is 22.4 Å². The molecule has 0 amide bonds. The van der Waals surface area contributed by atoms with Gasteiger partial charge >= 0.3 is 0 Å². The number of fused-ring (bicyclic) bond motifs is 2. The van der Waals surface area contributed by atoms with Crippen molar-refractivity contribution in [3.63, 3.8) is 0 Å². The van der Waals surface area contributed by atoms with E-state index in [4.69, 9.17) is 15.5 Å². The van der Waals surface area contributed by atoms with Crippen molar-refractivity contribution in [2.45, 2.75) is 19.9 Å². The van der Waals surface area contributed by atoms with Gasteiger partial charge < -0.3 is 15.4 Å². The summed E-state index contributed by atoms with van der Waals surface area (Å²) in [6.45, 7) is 3.83. The number of aromatic nitrogens is 4. The number of rotatable bonds is 4. The third-order valence-electron chi connectivity index (χ3n) is 6.34. The van der Waals surface area contributed by atoms with E-state index in [-0.39, 0.29) is 5.82 Å². The lowest BCUT2D eigenvalue weighted by Gasteiger charge is -2.24. The molecule has 0 spiro atoms. The van der Waals surface area contributed by atoms with Gasteiger partial charge in [-0.1, -0.05) is 23.5 Å². The quantitative estimate of drug-likeness (QED) is 0.366. The van der Waals surface area contributed by atoms with Crippen LogP contribution < -0.4 is 15.4 Å². The number of hydrogen-bond donors (Lipinski definition) is 1. The third kappa shape index (κ3) is 4.33. The topological polar surface area (TPSA) is 90.0 Å². The highest BCUT2D eigenvalue weighted by atomic mass is 32.1. The molecule has 0 atom stereocenters. The van der Waals surface area contributed by atoms with E-state index in [0.29, 0.717) is 36.9 Å². The first-order valence-corrected chi connectivity index (χ1v) is 12.4. The minimum Gasteiger partial charge on any atom is -0.491 e. The molecule has 4 heterocycles. The van der Waals surface area contributed by atoms with Gasteiger partial charge in [-0.05, 0) is 55.0 Å². The van der Waals surface area contributed by atoms with Gasteiger partial charge in [0.05, 0.1) is 16.9 Å². The van der Waals surface area contributed by atoms with Crippen molar-refractivity contribution in [3.05, 3.63) is 89.1 Å². The Bertz CT molecular complexity index is 1570. The zero-order chi connectivity index (χ0) is 24.6. The minimum absolute atomic E-state index is 0.246. The maximum absolute atomic E-state index is 13.4. The fourth-order valence-corrected chi connectivity index (χ4v) is 5.18. The van der Waals surface area contributed by atoms with Crippen LogP contribution >= 0.6 is 11.3 Å². The Balaban J connectivity index is 1.34. The van der Waals surface area contributed by atoms with E-state index < -0.39 is 0 Å². The average molecular weight is 499 g/mol. The number of nitrogen functional groups attached to an aromatic ring is 1. The first kappa shape index (κ1) is 22.4. The number of hydrogen-bond acceptors (Lipinski definition) is 8. The Kier molecular flexibility index (Phi) is 5.69. The predicted octanol–water partition coefficient (Wildman–Crippen LogP) is 5.17. The predicted molar refractivity (Wildman–Crippen MR) is 140 cm³/mol. The fourth-order valence-electron chi connectivity index (χ4n) is 4.50. The van der Waals surface area contributed by atoms with Gasteiger partial charge in [-0.15, -0.1) is 0 Å². The van der Waals surface area contributed by atoms with Crippen LogP contribution in [0.4, 0.5) is 15.3 Å². The van der Waals surface area contributed by atoms with Crippen LogP contribution in [-0.2, 0) is 13.0 Å². The lowest BCUT2D eigenvalue weighted by atomic mass is 10.0. The SMILES string of the molecule is Cc1ncnc(N2CCOc3ccc(-c4ccc5sc(N)nc5n4)cc3C2)c1Cc1ccc(F)cc1. The maximum Gasteiger partial charge on any atom is 0.182 e. The van der Waals surface area contributed by atoms with E-state index in [0.717, 1.165) is 49.9 Å². The highest BCUT2D eigenvalue weighted by Crippen LogP contribution is 2.33. The molecule has 0 bridgehead atoms. The summed E-state index contributed by atoms with van der Waals surface area (Å²) in [5, 5.41) is 0.511. The first-order chi connectivity index (χ1) is 17.5. The zero-order valence-corrected chi connectivity index (χ0v) is 20.4. The largest absolute Gasteiger partial charge is 0.491 e. The molecule has 1 aliphatic rings. The molecular weight excluding hydrogens is 475 g/mol. The van der Waals surface area contributed by atoms with Crippen molar-refractivity contribution in [2.24, 2.45) is 0 Å². The summed E-state index contributed by atoms with van der Waals surface area (Å²) in [7, 11) is 0. The summed E-state index contributed by atoms with van der Waals surface area (Å²) >= 11 is 1.43. The number of halogens is 1. The molecule has 3 aromatic heterocycles. The lowest BCUT2D eigenvalue weighted by molar-refractivity contribution is 0.331. The molecule has 36 heavy (non-hydrogen) atoms. The minimum atomic E-state index is -0.246. The molecule has 0 fully saturated rings. The normalized spacial score (nSPS) is 13.3. The Morgan fingerprint density at radius 1 is 1.06 bits per heavy atom. The van der Waals surface area contributed by atoms with Crippen LogP contribution in [0.25, 0.3) is 21.6 Å². The van der Waals surface area contributed by atoms with Gasteiger partial charge in [0, 0.05) is 35.3 Å². The molecule has 6 rings (SSSR count). The highest BCUT2D eigenvalue weighted by Gasteiger charge is 2.21.